The molecule has 0 radical (unpaired) electrons. The molecule has 0 spiro atoms. The molecule has 0 fully saturated rings. The molecule has 22 heavy (non-hydrogen) atoms. The Labute approximate surface area is 129 Å². The van der Waals surface area contributed by atoms with Gasteiger partial charge in [0, 0.05) is 16.7 Å². The summed E-state index contributed by atoms with van der Waals surface area (Å²) in [4.78, 5) is 4.39. The van der Waals surface area contributed by atoms with E-state index in [1.807, 2.05) is 54.6 Å². The molecule has 0 aromatic heterocycles. The maximum absolute atomic E-state index is 6.17. The van der Waals surface area contributed by atoms with Crippen molar-refractivity contribution in [2.24, 2.45) is 4.99 Å². The van der Waals surface area contributed by atoms with Crippen LogP contribution in [0.4, 0.5) is 5.69 Å². The van der Waals surface area contributed by atoms with E-state index in [1.54, 1.807) is 6.40 Å². The molecule has 4 rings (SSSR count). The number of rotatable bonds is 2. The van der Waals surface area contributed by atoms with Gasteiger partial charge in [-0.1, -0.05) is 78.9 Å². The van der Waals surface area contributed by atoms with E-state index < -0.39 is 5.60 Å². The summed E-state index contributed by atoms with van der Waals surface area (Å²) in [5.74, 6) is 0. The van der Waals surface area contributed by atoms with Gasteiger partial charge in [0.25, 0.3) is 0 Å². The third-order valence-electron chi connectivity index (χ3n) is 4.07. The number of fused-ring (bicyclic) bond motifs is 1. The fourth-order valence-corrected chi connectivity index (χ4v) is 3.07. The van der Waals surface area contributed by atoms with Crippen molar-refractivity contribution in [3.05, 3.63) is 102 Å². The molecule has 0 aliphatic carbocycles. The Morgan fingerprint density at radius 2 is 1.18 bits per heavy atom. The van der Waals surface area contributed by atoms with Crippen molar-refractivity contribution in [2.75, 3.05) is 0 Å². The number of nitrogens with zero attached hydrogens (tertiary/aromatic N) is 1. The quantitative estimate of drug-likeness (QED) is 0.670. The van der Waals surface area contributed by atoms with Crippen LogP contribution in [0.15, 0.2) is 89.9 Å². The van der Waals surface area contributed by atoms with Crippen molar-refractivity contribution in [3.8, 4) is 0 Å². The lowest BCUT2D eigenvalue weighted by Gasteiger charge is -2.37. The van der Waals surface area contributed by atoms with Crippen LogP contribution in [0.1, 0.15) is 16.7 Å². The van der Waals surface area contributed by atoms with Gasteiger partial charge >= 0.3 is 0 Å². The predicted molar refractivity (Wildman–Crippen MR) is 88.4 cm³/mol. The molecule has 1 aliphatic rings. The molecule has 0 saturated carbocycles. The molecule has 3 aromatic rings. The van der Waals surface area contributed by atoms with Crippen LogP contribution >= 0.6 is 0 Å². The Morgan fingerprint density at radius 3 is 1.82 bits per heavy atom. The van der Waals surface area contributed by atoms with Crippen molar-refractivity contribution in [2.45, 2.75) is 5.60 Å². The maximum Gasteiger partial charge on any atom is 0.187 e. The van der Waals surface area contributed by atoms with Crippen LogP contribution in [0.25, 0.3) is 0 Å². The summed E-state index contributed by atoms with van der Waals surface area (Å²) in [5, 5.41) is 0. The van der Waals surface area contributed by atoms with Gasteiger partial charge in [-0.05, 0) is 6.07 Å². The lowest BCUT2D eigenvalue weighted by Crippen LogP contribution is -2.34. The molecule has 0 amide bonds. The average Bonchev–Trinajstić information content (AvgIpc) is 2.63. The SMILES string of the molecule is C1=Nc2ccccc2C(c2ccccc2)(c2ccccc2)O1. The zero-order valence-corrected chi connectivity index (χ0v) is 12.0. The molecule has 1 aliphatic heterocycles. The van der Waals surface area contributed by atoms with Crippen LogP contribution in [0.5, 0.6) is 0 Å². The zero-order chi connectivity index (χ0) is 14.8. The molecule has 0 atom stereocenters. The van der Waals surface area contributed by atoms with Gasteiger partial charge < -0.3 is 4.74 Å². The van der Waals surface area contributed by atoms with Crippen LogP contribution in [0, 0.1) is 0 Å². The van der Waals surface area contributed by atoms with Crippen LogP contribution in [0.3, 0.4) is 0 Å². The zero-order valence-electron chi connectivity index (χ0n) is 12.0. The monoisotopic (exact) mass is 285 g/mol. The van der Waals surface area contributed by atoms with Crippen LogP contribution in [-0.4, -0.2) is 6.40 Å². The molecule has 2 heteroatoms. The Bertz CT molecular complexity index is 770. The molecule has 0 unspecified atom stereocenters. The highest BCUT2D eigenvalue weighted by Crippen LogP contribution is 2.45. The van der Waals surface area contributed by atoms with Gasteiger partial charge in [0.1, 0.15) is 0 Å². The lowest BCUT2D eigenvalue weighted by atomic mass is 9.79. The molecule has 1 heterocycles. The van der Waals surface area contributed by atoms with E-state index in [-0.39, 0.29) is 0 Å². The molecule has 0 N–H and O–H groups in total. The Hall–Kier alpha value is -2.87. The number of benzene rings is 3. The molecule has 2 nitrogen and oxygen atoms in total. The van der Waals surface area contributed by atoms with Crippen LogP contribution < -0.4 is 0 Å². The third kappa shape index (κ3) is 1.85. The summed E-state index contributed by atoms with van der Waals surface area (Å²) in [6, 6.07) is 28.7. The van der Waals surface area contributed by atoms with Crippen LogP contribution in [-0.2, 0) is 10.3 Å². The molecular weight excluding hydrogens is 270 g/mol. The van der Waals surface area contributed by atoms with E-state index in [0.717, 1.165) is 22.4 Å². The van der Waals surface area contributed by atoms with Crippen molar-refractivity contribution >= 4 is 12.1 Å². The molecule has 3 aromatic carbocycles. The summed E-state index contributed by atoms with van der Waals surface area (Å²) < 4.78 is 6.17. The molecular formula is C20H15NO. The highest BCUT2D eigenvalue weighted by molar-refractivity contribution is 5.69. The Kier molecular flexibility index (Phi) is 3.01. The number of para-hydroxylation sites is 1. The lowest BCUT2D eigenvalue weighted by molar-refractivity contribution is 0.147. The molecule has 106 valence electrons. The fourth-order valence-electron chi connectivity index (χ4n) is 3.07. The minimum Gasteiger partial charge on any atom is -0.462 e. The van der Waals surface area contributed by atoms with Gasteiger partial charge in [-0.25, -0.2) is 4.99 Å². The van der Waals surface area contributed by atoms with E-state index in [4.69, 9.17) is 4.74 Å². The minimum atomic E-state index is -0.652. The second kappa shape index (κ2) is 5.15. The van der Waals surface area contributed by atoms with Gasteiger partial charge in [0.05, 0.1) is 5.69 Å². The number of aliphatic imine (C=N–C) groups is 1. The average molecular weight is 285 g/mol. The van der Waals surface area contributed by atoms with E-state index in [9.17, 15) is 0 Å². The number of hydrogen-bond donors (Lipinski definition) is 0. The molecule has 0 saturated heterocycles. The fraction of sp³-hybridized carbons (Fsp3) is 0.0500. The van der Waals surface area contributed by atoms with Crippen molar-refractivity contribution < 1.29 is 4.74 Å². The van der Waals surface area contributed by atoms with Crippen molar-refractivity contribution in [1.82, 2.24) is 0 Å². The van der Waals surface area contributed by atoms with Gasteiger partial charge in [0.2, 0.25) is 0 Å². The van der Waals surface area contributed by atoms with Crippen LogP contribution in [0.2, 0.25) is 0 Å². The summed E-state index contributed by atoms with van der Waals surface area (Å²) >= 11 is 0. The van der Waals surface area contributed by atoms with Gasteiger partial charge in [-0.3, -0.25) is 0 Å². The first-order valence-corrected chi connectivity index (χ1v) is 7.32. The normalized spacial score (nSPS) is 14.9. The maximum atomic E-state index is 6.17. The Morgan fingerprint density at radius 1 is 0.636 bits per heavy atom. The first-order chi connectivity index (χ1) is 10.9. The minimum absolute atomic E-state index is 0.652. The van der Waals surface area contributed by atoms with Gasteiger partial charge in [0.15, 0.2) is 12.0 Å². The van der Waals surface area contributed by atoms with Crippen molar-refractivity contribution in [3.63, 3.8) is 0 Å². The second-order valence-corrected chi connectivity index (χ2v) is 5.28. The Balaban J connectivity index is 2.05. The van der Waals surface area contributed by atoms with E-state index in [2.05, 4.69) is 35.3 Å². The van der Waals surface area contributed by atoms with E-state index in [1.165, 1.54) is 0 Å². The second-order valence-electron chi connectivity index (χ2n) is 5.28. The first-order valence-electron chi connectivity index (χ1n) is 7.32. The standard InChI is InChI=1S/C20H15NO/c1-3-9-16(10-4-1)20(17-11-5-2-6-12-17)18-13-7-8-14-19(18)21-15-22-20/h1-15H. The third-order valence-corrected chi connectivity index (χ3v) is 4.07. The summed E-state index contributed by atoms with van der Waals surface area (Å²) in [6.07, 6.45) is 1.56. The highest BCUT2D eigenvalue weighted by Gasteiger charge is 2.41. The largest absolute Gasteiger partial charge is 0.462 e. The van der Waals surface area contributed by atoms with E-state index >= 15 is 0 Å². The summed E-state index contributed by atoms with van der Waals surface area (Å²) in [6.45, 7) is 0. The number of hydrogen-bond acceptors (Lipinski definition) is 2. The van der Waals surface area contributed by atoms with Crippen molar-refractivity contribution in [1.29, 1.82) is 0 Å². The van der Waals surface area contributed by atoms with E-state index in [0.29, 0.717) is 0 Å². The summed E-state index contributed by atoms with van der Waals surface area (Å²) in [5.41, 5.74) is 3.55. The smallest absolute Gasteiger partial charge is 0.187 e. The van der Waals surface area contributed by atoms with Gasteiger partial charge in [-0.2, -0.15) is 0 Å². The summed E-state index contributed by atoms with van der Waals surface area (Å²) in [7, 11) is 0. The number of ether oxygens (including phenoxy) is 1. The highest BCUT2D eigenvalue weighted by atomic mass is 16.5. The predicted octanol–water partition coefficient (Wildman–Crippen LogP) is 4.67. The molecule has 0 bridgehead atoms. The van der Waals surface area contributed by atoms with Gasteiger partial charge in [-0.15, -0.1) is 0 Å². The first kappa shape index (κ1) is 12.8. The topological polar surface area (TPSA) is 21.6 Å².